The lowest BCUT2D eigenvalue weighted by atomic mass is 9.90. The van der Waals surface area contributed by atoms with Crippen molar-refractivity contribution in [1.82, 2.24) is 0 Å². The molecule has 0 saturated carbocycles. The van der Waals surface area contributed by atoms with Gasteiger partial charge in [0.25, 0.3) is 0 Å². The van der Waals surface area contributed by atoms with Gasteiger partial charge in [-0.15, -0.1) is 0 Å². The minimum atomic E-state index is -0.732. The van der Waals surface area contributed by atoms with Gasteiger partial charge in [0, 0.05) is 6.42 Å². The first-order chi connectivity index (χ1) is 6.49. The van der Waals surface area contributed by atoms with Crippen molar-refractivity contribution in [2.75, 3.05) is 0 Å². The van der Waals surface area contributed by atoms with Gasteiger partial charge in [-0.25, -0.2) is 0 Å². The first-order valence-corrected chi connectivity index (χ1v) is 5.12. The molecule has 0 aromatic heterocycles. The minimum Gasteiger partial charge on any atom is -0.481 e. The molecule has 14 heavy (non-hydrogen) atoms. The lowest BCUT2D eigenvalue weighted by Crippen LogP contribution is -2.15. The summed E-state index contributed by atoms with van der Waals surface area (Å²) < 4.78 is 5.10. The molecule has 1 fully saturated rings. The highest BCUT2D eigenvalue weighted by Gasteiger charge is 2.37. The normalized spacial score (nSPS) is 27.7. The number of carboxylic acids is 1. The third-order valence-electron chi connectivity index (χ3n) is 2.46. The molecule has 1 aliphatic rings. The van der Waals surface area contributed by atoms with Crippen LogP contribution in [0.2, 0.25) is 0 Å². The topological polar surface area (TPSA) is 75.8 Å². The molecule has 0 bridgehead atoms. The van der Waals surface area contributed by atoms with Crippen LogP contribution in [-0.4, -0.2) is 23.4 Å². The van der Waals surface area contributed by atoms with E-state index in [9.17, 15) is 4.79 Å². The molecule has 3 N–H and O–H groups in total. The van der Waals surface area contributed by atoms with E-state index < -0.39 is 5.97 Å². The van der Waals surface area contributed by atoms with Crippen molar-refractivity contribution >= 4 is 5.97 Å². The summed E-state index contributed by atoms with van der Waals surface area (Å²) >= 11 is 0. The average molecular weight is 201 g/mol. The lowest BCUT2D eigenvalue weighted by Gasteiger charge is -2.15. The molecule has 82 valence electrons. The van der Waals surface area contributed by atoms with Gasteiger partial charge in [0.2, 0.25) is 0 Å². The van der Waals surface area contributed by atoms with E-state index in [1.807, 2.05) is 0 Å². The number of carboxylic acid groups (broad SMARTS) is 1. The Kier molecular flexibility index (Phi) is 3.89. The molecule has 0 aromatic carbocycles. The fraction of sp³-hybridized carbons (Fsp3) is 0.900. The molecule has 0 aromatic rings. The summed E-state index contributed by atoms with van der Waals surface area (Å²) in [6, 6.07) is 0. The van der Waals surface area contributed by atoms with Gasteiger partial charge in [-0.1, -0.05) is 13.8 Å². The molecule has 4 nitrogen and oxygen atoms in total. The largest absolute Gasteiger partial charge is 0.481 e. The van der Waals surface area contributed by atoms with Gasteiger partial charge in [0.1, 0.15) is 6.23 Å². The second kappa shape index (κ2) is 4.75. The van der Waals surface area contributed by atoms with Crippen LogP contribution in [-0.2, 0) is 9.53 Å². The van der Waals surface area contributed by atoms with Gasteiger partial charge >= 0.3 is 5.97 Å². The van der Waals surface area contributed by atoms with E-state index in [0.717, 1.165) is 12.8 Å². The second-order valence-electron chi connectivity index (χ2n) is 4.47. The maximum absolute atomic E-state index is 10.6. The summed E-state index contributed by atoms with van der Waals surface area (Å²) in [5.41, 5.74) is 5.51. The molecule has 3 atom stereocenters. The predicted octanol–water partition coefficient (Wildman–Crippen LogP) is 1.20. The van der Waals surface area contributed by atoms with Crippen LogP contribution in [0.1, 0.15) is 33.1 Å². The molecule has 0 amide bonds. The molecule has 1 saturated heterocycles. The molecule has 2 unspecified atom stereocenters. The number of nitrogens with two attached hydrogens (primary N) is 1. The van der Waals surface area contributed by atoms with Gasteiger partial charge < -0.3 is 15.6 Å². The Morgan fingerprint density at radius 1 is 1.57 bits per heavy atom. The number of hydrogen-bond acceptors (Lipinski definition) is 3. The lowest BCUT2D eigenvalue weighted by molar-refractivity contribution is -0.138. The van der Waals surface area contributed by atoms with Crippen LogP contribution in [0.25, 0.3) is 0 Å². The van der Waals surface area contributed by atoms with E-state index in [1.54, 1.807) is 0 Å². The molecule has 0 spiro atoms. The molecule has 1 heterocycles. The Labute approximate surface area is 84.4 Å². The second-order valence-corrected chi connectivity index (χ2v) is 4.47. The minimum absolute atomic E-state index is 0.0955. The zero-order chi connectivity index (χ0) is 10.7. The zero-order valence-electron chi connectivity index (χ0n) is 8.77. The monoisotopic (exact) mass is 201 g/mol. The number of epoxide rings is 1. The summed E-state index contributed by atoms with van der Waals surface area (Å²) in [6.07, 6.45) is 1.88. The van der Waals surface area contributed by atoms with E-state index >= 15 is 0 Å². The van der Waals surface area contributed by atoms with Gasteiger partial charge in [-0.3, -0.25) is 4.79 Å². The number of carbonyl (C=O) groups is 1. The Bertz CT molecular complexity index is 206. The van der Waals surface area contributed by atoms with Gasteiger partial charge in [-0.05, 0) is 24.7 Å². The van der Waals surface area contributed by atoms with Crippen molar-refractivity contribution in [2.45, 2.75) is 45.4 Å². The summed E-state index contributed by atoms with van der Waals surface area (Å²) in [5, 5.41) is 8.72. The molecular formula is C10H19NO3. The van der Waals surface area contributed by atoms with Crippen molar-refractivity contribution in [2.24, 2.45) is 17.6 Å². The number of hydrogen-bond donors (Lipinski definition) is 2. The SMILES string of the molecule is CC(C)C[C@@H](CC(=O)O)CC1OC1N. The van der Waals surface area contributed by atoms with Crippen molar-refractivity contribution in [1.29, 1.82) is 0 Å². The fourth-order valence-corrected chi connectivity index (χ4v) is 1.85. The zero-order valence-corrected chi connectivity index (χ0v) is 8.77. The number of ether oxygens (including phenoxy) is 1. The van der Waals surface area contributed by atoms with E-state index in [2.05, 4.69) is 13.8 Å². The van der Waals surface area contributed by atoms with Gasteiger partial charge in [0.05, 0.1) is 6.10 Å². The fourth-order valence-electron chi connectivity index (χ4n) is 1.85. The number of aliphatic carboxylic acids is 1. The molecule has 0 aliphatic carbocycles. The molecule has 1 rings (SSSR count). The highest BCUT2D eigenvalue weighted by atomic mass is 16.6. The Morgan fingerprint density at radius 3 is 2.50 bits per heavy atom. The Hall–Kier alpha value is -0.610. The van der Waals surface area contributed by atoms with Crippen LogP contribution in [0, 0.1) is 11.8 Å². The van der Waals surface area contributed by atoms with Crippen molar-refractivity contribution in [3.05, 3.63) is 0 Å². The van der Waals surface area contributed by atoms with E-state index in [1.165, 1.54) is 0 Å². The third-order valence-corrected chi connectivity index (χ3v) is 2.46. The van der Waals surface area contributed by atoms with E-state index in [0.29, 0.717) is 5.92 Å². The van der Waals surface area contributed by atoms with Crippen LogP contribution < -0.4 is 5.73 Å². The molecule has 0 radical (unpaired) electrons. The summed E-state index contributed by atoms with van der Waals surface area (Å²) in [7, 11) is 0. The van der Waals surface area contributed by atoms with Crippen molar-refractivity contribution in [3.63, 3.8) is 0 Å². The van der Waals surface area contributed by atoms with Crippen molar-refractivity contribution < 1.29 is 14.6 Å². The maximum Gasteiger partial charge on any atom is 0.303 e. The van der Waals surface area contributed by atoms with Crippen LogP contribution in [0.15, 0.2) is 0 Å². The predicted molar refractivity (Wildman–Crippen MR) is 52.7 cm³/mol. The first-order valence-electron chi connectivity index (χ1n) is 5.12. The van der Waals surface area contributed by atoms with Gasteiger partial charge in [0.15, 0.2) is 0 Å². The van der Waals surface area contributed by atoms with Crippen LogP contribution in [0.3, 0.4) is 0 Å². The van der Waals surface area contributed by atoms with Crippen LogP contribution in [0.5, 0.6) is 0 Å². The van der Waals surface area contributed by atoms with Crippen LogP contribution in [0.4, 0.5) is 0 Å². The summed E-state index contributed by atoms with van der Waals surface area (Å²) in [4.78, 5) is 10.6. The first kappa shape index (κ1) is 11.5. The van der Waals surface area contributed by atoms with E-state index in [-0.39, 0.29) is 24.7 Å². The average Bonchev–Trinajstić information content (AvgIpc) is 2.62. The third kappa shape index (κ3) is 4.07. The highest BCUT2D eigenvalue weighted by Crippen LogP contribution is 2.29. The smallest absolute Gasteiger partial charge is 0.303 e. The maximum atomic E-state index is 10.6. The molecule has 1 aliphatic heterocycles. The molecular weight excluding hydrogens is 182 g/mol. The Balaban J connectivity index is 2.31. The quantitative estimate of drug-likeness (QED) is 0.633. The number of rotatable bonds is 6. The summed E-state index contributed by atoms with van der Waals surface area (Å²) in [6.45, 7) is 4.20. The standard InChI is InChI=1S/C10H19NO3/c1-6(2)3-7(5-9(12)13)4-8-10(11)14-8/h6-8,10H,3-5,11H2,1-2H3,(H,12,13)/t7-,8?,10?/m1/s1. The summed E-state index contributed by atoms with van der Waals surface area (Å²) in [5.74, 6) is -0.00903. The Morgan fingerprint density at radius 2 is 2.14 bits per heavy atom. The van der Waals surface area contributed by atoms with Crippen molar-refractivity contribution in [3.8, 4) is 0 Å². The van der Waals surface area contributed by atoms with Gasteiger partial charge in [-0.2, -0.15) is 0 Å². The van der Waals surface area contributed by atoms with Crippen LogP contribution >= 0.6 is 0 Å². The molecule has 4 heteroatoms. The van der Waals surface area contributed by atoms with E-state index in [4.69, 9.17) is 15.6 Å². The highest BCUT2D eigenvalue weighted by molar-refractivity contribution is 5.67.